The van der Waals surface area contributed by atoms with Gasteiger partial charge in [-0.15, -0.1) is 0 Å². The smallest absolute Gasteiger partial charge is 0.417 e. The molecule has 2 N–H and O–H groups in total. The monoisotopic (exact) mass is 378 g/mol. The number of aromatic nitrogens is 1. The highest BCUT2D eigenvalue weighted by Crippen LogP contribution is 2.30. The van der Waals surface area contributed by atoms with Crippen molar-refractivity contribution in [2.24, 2.45) is 0 Å². The normalized spacial score (nSPS) is 12.9. The van der Waals surface area contributed by atoms with E-state index in [-0.39, 0.29) is 10.5 Å². The van der Waals surface area contributed by atoms with E-state index in [1.54, 1.807) is 25.1 Å². The van der Waals surface area contributed by atoms with Gasteiger partial charge in [0.15, 0.2) is 17.1 Å². The lowest BCUT2D eigenvalue weighted by Crippen LogP contribution is -2.26. The number of H-pyrrole nitrogens is 1. The fourth-order valence-electron chi connectivity index (χ4n) is 2.58. The Labute approximate surface area is 149 Å². The highest BCUT2D eigenvalue weighted by molar-refractivity contribution is 7.89. The zero-order valence-electron chi connectivity index (χ0n) is 14.4. The van der Waals surface area contributed by atoms with Gasteiger partial charge in [-0.05, 0) is 36.8 Å². The molecule has 3 aromatic rings. The molecule has 8 nitrogen and oxygen atoms in total. The molecule has 0 saturated carbocycles. The molecule has 0 spiro atoms. The molecule has 9 heteroatoms. The highest BCUT2D eigenvalue weighted by atomic mass is 32.2. The largest absolute Gasteiger partial charge is 0.493 e. The van der Waals surface area contributed by atoms with E-state index in [0.717, 1.165) is 0 Å². The van der Waals surface area contributed by atoms with Crippen molar-refractivity contribution < 1.29 is 22.3 Å². The predicted octanol–water partition coefficient (Wildman–Crippen LogP) is 2.18. The van der Waals surface area contributed by atoms with E-state index in [9.17, 15) is 13.2 Å². The molecule has 2 aromatic carbocycles. The van der Waals surface area contributed by atoms with Crippen molar-refractivity contribution in [2.45, 2.75) is 17.9 Å². The number of benzene rings is 2. The quantitative estimate of drug-likeness (QED) is 0.680. The van der Waals surface area contributed by atoms with Crippen LogP contribution in [-0.4, -0.2) is 27.6 Å². The average molecular weight is 378 g/mol. The number of aromatic amines is 1. The molecular formula is C17H18N2O6S. The summed E-state index contributed by atoms with van der Waals surface area (Å²) in [7, 11) is -0.786. The van der Waals surface area contributed by atoms with E-state index < -0.39 is 21.8 Å². The molecule has 3 rings (SSSR count). The molecule has 1 heterocycles. The second-order valence-electron chi connectivity index (χ2n) is 5.63. The summed E-state index contributed by atoms with van der Waals surface area (Å²) in [6.07, 6.45) is 0. The van der Waals surface area contributed by atoms with Crippen LogP contribution >= 0.6 is 0 Å². The van der Waals surface area contributed by atoms with Crippen molar-refractivity contribution in [1.82, 2.24) is 9.71 Å². The Morgan fingerprint density at radius 1 is 1.08 bits per heavy atom. The number of ether oxygens (including phenoxy) is 2. The molecule has 0 unspecified atom stereocenters. The molecule has 1 atom stereocenters. The summed E-state index contributed by atoms with van der Waals surface area (Å²) in [6, 6.07) is 8.83. The molecule has 1 aromatic heterocycles. The van der Waals surface area contributed by atoms with Crippen molar-refractivity contribution in [2.75, 3.05) is 14.2 Å². The van der Waals surface area contributed by atoms with E-state index in [1.165, 1.54) is 32.4 Å². The van der Waals surface area contributed by atoms with Gasteiger partial charge in [-0.3, -0.25) is 4.98 Å². The molecule has 0 aliphatic heterocycles. The van der Waals surface area contributed by atoms with Crippen LogP contribution in [0.3, 0.4) is 0 Å². The van der Waals surface area contributed by atoms with Gasteiger partial charge in [0.25, 0.3) is 0 Å². The van der Waals surface area contributed by atoms with Gasteiger partial charge >= 0.3 is 5.76 Å². The second-order valence-corrected chi connectivity index (χ2v) is 7.34. The number of fused-ring (bicyclic) bond motifs is 1. The number of hydrogen-bond donors (Lipinski definition) is 2. The van der Waals surface area contributed by atoms with Crippen LogP contribution < -0.4 is 20.0 Å². The molecule has 0 aliphatic rings. The maximum absolute atomic E-state index is 12.6. The first-order valence-corrected chi connectivity index (χ1v) is 9.19. The van der Waals surface area contributed by atoms with Crippen molar-refractivity contribution in [3.05, 3.63) is 52.5 Å². The third-order valence-electron chi connectivity index (χ3n) is 3.94. The minimum absolute atomic E-state index is 0.0000710. The zero-order chi connectivity index (χ0) is 18.9. The van der Waals surface area contributed by atoms with Crippen LogP contribution in [0.15, 0.2) is 50.5 Å². The molecule has 138 valence electrons. The third kappa shape index (κ3) is 3.44. The minimum atomic E-state index is -3.82. The lowest BCUT2D eigenvalue weighted by atomic mass is 10.1. The molecular weight excluding hydrogens is 360 g/mol. The zero-order valence-corrected chi connectivity index (χ0v) is 15.2. The fourth-order valence-corrected chi connectivity index (χ4v) is 3.83. The molecule has 0 amide bonds. The van der Waals surface area contributed by atoms with Gasteiger partial charge in [0, 0.05) is 12.1 Å². The standard InChI is InChI=1S/C17H18N2O6S/c1-10(11-4-7-14(23-2)16(8-11)24-3)19-26(21,22)12-5-6-13-15(9-12)25-17(20)18-13/h4-10,19H,1-3H3,(H,18,20)/t10-/m1/s1. The maximum atomic E-state index is 12.6. The van der Waals surface area contributed by atoms with Gasteiger partial charge in [-0.1, -0.05) is 6.07 Å². The first kappa shape index (κ1) is 18.0. The third-order valence-corrected chi connectivity index (χ3v) is 5.48. The van der Waals surface area contributed by atoms with Crippen molar-refractivity contribution in [3.63, 3.8) is 0 Å². The summed E-state index contributed by atoms with van der Waals surface area (Å²) in [5.74, 6) is 0.423. The number of hydrogen-bond acceptors (Lipinski definition) is 6. The van der Waals surface area contributed by atoms with Crippen LogP contribution in [0, 0.1) is 0 Å². The lowest BCUT2D eigenvalue weighted by molar-refractivity contribution is 0.354. The summed E-state index contributed by atoms with van der Waals surface area (Å²) >= 11 is 0. The predicted molar refractivity (Wildman–Crippen MR) is 95.1 cm³/mol. The number of oxazole rings is 1. The maximum Gasteiger partial charge on any atom is 0.417 e. The van der Waals surface area contributed by atoms with Gasteiger partial charge in [0.2, 0.25) is 10.0 Å². The summed E-state index contributed by atoms with van der Waals surface area (Å²) in [6.45, 7) is 1.72. The van der Waals surface area contributed by atoms with E-state index in [0.29, 0.717) is 22.6 Å². The Hall–Kier alpha value is -2.78. The molecule has 0 saturated heterocycles. The first-order valence-electron chi connectivity index (χ1n) is 7.71. The Balaban J connectivity index is 1.89. The topological polar surface area (TPSA) is 111 Å². The SMILES string of the molecule is COc1ccc([C@@H](C)NS(=O)(=O)c2ccc3[nH]c(=O)oc3c2)cc1OC. The first-order chi connectivity index (χ1) is 12.3. The second kappa shape index (κ2) is 6.85. The Morgan fingerprint density at radius 2 is 1.81 bits per heavy atom. The van der Waals surface area contributed by atoms with Crippen molar-refractivity contribution >= 4 is 21.1 Å². The fraction of sp³-hybridized carbons (Fsp3) is 0.235. The summed E-state index contributed by atoms with van der Waals surface area (Å²) < 4.78 is 43.2. The van der Waals surface area contributed by atoms with Crippen molar-refractivity contribution in [3.8, 4) is 11.5 Å². The molecule has 0 bridgehead atoms. The van der Waals surface area contributed by atoms with Crippen molar-refractivity contribution in [1.29, 1.82) is 0 Å². The van der Waals surface area contributed by atoms with E-state index in [1.807, 2.05) is 0 Å². The van der Waals surface area contributed by atoms with Gasteiger partial charge < -0.3 is 13.9 Å². The molecule has 0 fully saturated rings. The van der Waals surface area contributed by atoms with Crippen LogP contribution in [0.1, 0.15) is 18.5 Å². The van der Waals surface area contributed by atoms with Crippen LogP contribution in [0.5, 0.6) is 11.5 Å². The minimum Gasteiger partial charge on any atom is -0.493 e. The Bertz CT molecular complexity index is 1100. The number of sulfonamides is 1. The number of methoxy groups -OCH3 is 2. The van der Waals surface area contributed by atoms with Crippen LogP contribution in [0.2, 0.25) is 0 Å². The average Bonchev–Trinajstić information content (AvgIpc) is 2.99. The Morgan fingerprint density at radius 3 is 2.50 bits per heavy atom. The van der Waals surface area contributed by atoms with E-state index in [4.69, 9.17) is 13.9 Å². The number of rotatable bonds is 6. The van der Waals surface area contributed by atoms with Gasteiger partial charge in [0.1, 0.15) is 0 Å². The molecule has 0 aliphatic carbocycles. The molecule has 26 heavy (non-hydrogen) atoms. The number of nitrogens with one attached hydrogen (secondary N) is 2. The molecule has 0 radical (unpaired) electrons. The van der Waals surface area contributed by atoms with E-state index >= 15 is 0 Å². The summed E-state index contributed by atoms with van der Waals surface area (Å²) in [5, 5.41) is 0. The Kier molecular flexibility index (Phi) is 4.75. The highest BCUT2D eigenvalue weighted by Gasteiger charge is 2.20. The lowest BCUT2D eigenvalue weighted by Gasteiger charge is -2.16. The van der Waals surface area contributed by atoms with Crippen LogP contribution in [0.4, 0.5) is 0 Å². The van der Waals surface area contributed by atoms with Gasteiger partial charge in [-0.25, -0.2) is 17.9 Å². The van der Waals surface area contributed by atoms with Crippen LogP contribution in [0.25, 0.3) is 11.1 Å². The van der Waals surface area contributed by atoms with Gasteiger partial charge in [0.05, 0.1) is 24.6 Å². The summed E-state index contributed by atoms with van der Waals surface area (Å²) in [4.78, 5) is 13.7. The van der Waals surface area contributed by atoms with Crippen LogP contribution in [-0.2, 0) is 10.0 Å². The summed E-state index contributed by atoms with van der Waals surface area (Å²) in [5.41, 5.74) is 1.32. The van der Waals surface area contributed by atoms with Gasteiger partial charge in [-0.2, -0.15) is 0 Å². The van der Waals surface area contributed by atoms with E-state index in [2.05, 4.69) is 9.71 Å².